The predicted molar refractivity (Wildman–Crippen MR) is 59.5 cm³/mol. The lowest BCUT2D eigenvalue weighted by molar-refractivity contribution is 0.584. The molecule has 80 valence electrons. The maximum Gasteiger partial charge on any atom is 0.110 e. The SMILES string of the molecule is CCCc1cnc(C(CC)CNC)[nH]1. The molecule has 0 saturated heterocycles. The lowest BCUT2D eigenvalue weighted by Crippen LogP contribution is -2.17. The fraction of sp³-hybridized carbons (Fsp3) is 0.727. The van der Waals surface area contributed by atoms with E-state index >= 15 is 0 Å². The van der Waals surface area contributed by atoms with E-state index in [1.54, 1.807) is 0 Å². The van der Waals surface area contributed by atoms with Crippen LogP contribution in [0.5, 0.6) is 0 Å². The van der Waals surface area contributed by atoms with Crippen LogP contribution in [0.1, 0.15) is 44.1 Å². The molecule has 1 atom stereocenters. The van der Waals surface area contributed by atoms with Crippen LogP contribution in [0.4, 0.5) is 0 Å². The Labute approximate surface area is 86.3 Å². The first kappa shape index (κ1) is 11.2. The van der Waals surface area contributed by atoms with Gasteiger partial charge in [0.25, 0.3) is 0 Å². The van der Waals surface area contributed by atoms with Crippen molar-refractivity contribution in [1.29, 1.82) is 0 Å². The number of aromatic amines is 1. The maximum atomic E-state index is 4.43. The summed E-state index contributed by atoms with van der Waals surface area (Å²) in [4.78, 5) is 7.83. The molecule has 0 aliphatic heterocycles. The summed E-state index contributed by atoms with van der Waals surface area (Å²) in [5.74, 6) is 1.65. The van der Waals surface area contributed by atoms with Crippen LogP contribution in [-0.2, 0) is 6.42 Å². The molecule has 14 heavy (non-hydrogen) atoms. The van der Waals surface area contributed by atoms with E-state index in [1.165, 1.54) is 12.1 Å². The normalized spacial score (nSPS) is 13.1. The largest absolute Gasteiger partial charge is 0.346 e. The Morgan fingerprint density at radius 1 is 1.50 bits per heavy atom. The van der Waals surface area contributed by atoms with Crippen molar-refractivity contribution in [2.45, 2.75) is 39.0 Å². The quantitative estimate of drug-likeness (QED) is 0.729. The van der Waals surface area contributed by atoms with E-state index in [4.69, 9.17) is 0 Å². The third kappa shape index (κ3) is 2.84. The molecule has 3 nitrogen and oxygen atoms in total. The Kier molecular flexibility index (Phi) is 4.66. The monoisotopic (exact) mass is 195 g/mol. The van der Waals surface area contributed by atoms with E-state index < -0.39 is 0 Å². The Bertz CT molecular complexity index is 255. The van der Waals surface area contributed by atoms with Crippen LogP contribution in [-0.4, -0.2) is 23.6 Å². The molecule has 0 aliphatic carbocycles. The third-order valence-corrected chi connectivity index (χ3v) is 2.50. The average molecular weight is 195 g/mol. The summed E-state index contributed by atoms with van der Waals surface area (Å²) in [7, 11) is 1.98. The van der Waals surface area contributed by atoms with Crippen molar-refractivity contribution in [1.82, 2.24) is 15.3 Å². The number of nitrogens with zero attached hydrogens (tertiary/aromatic N) is 1. The van der Waals surface area contributed by atoms with Crippen molar-refractivity contribution >= 4 is 0 Å². The molecule has 3 heteroatoms. The van der Waals surface area contributed by atoms with Gasteiger partial charge in [0.2, 0.25) is 0 Å². The number of aryl methyl sites for hydroxylation is 1. The zero-order valence-electron chi connectivity index (χ0n) is 9.43. The fourth-order valence-electron chi connectivity index (χ4n) is 1.66. The van der Waals surface area contributed by atoms with Gasteiger partial charge >= 0.3 is 0 Å². The van der Waals surface area contributed by atoms with E-state index in [9.17, 15) is 0 Å². The number of imidazole rings is 1. The van der Waals surface area contributed by atoms with E-state index in [0.717, 1.165) is 25.2 Å². The number of nitrogens with one attached hydrogen (secondary N) is 2. The molecule has 0 aliphatic rings. The molecule has 0 aromatic carbocycles. The second-order valence-electron chi connectivity index (χ2n) is 3.71. The number of H-pyrrole nitrogens is 1. The Morgan fingerprint density at radius 2 is 2.29 bits per heavy atom. The van der Waals surface area contributed by atoms with Crippen LogP contribution < -0.4 is 5.32 Å². The molecule has 1 aromatic rings. The van der Waals surface area contributed by atoms with Crippen molar-refractivity contribution in [2.24, 2.45) is 0 Å². The second-order valence-corrected chi connectivity index (χ2v) is 3.71. The van der Waals surface area contributed by atoms with Crippen LogP contribution in [0.15, 0.2) is 6.20 Å². The molecule has 0 fully saturated rings. The van der Waals surface area contributed by atoms with Crippen LogP contribution >= 0.6 is 0 Å². The summed E-state index contributed by atoms with van der Waals surface area (Å²) >= 11 is 0. The molecule has 0 amide bonds. The van der Waals surface area contributed by atoms with Crippen LogP contribution in [0, 0.1) is 0 Å². The lowest BCUT2D eigenvalue weighted by atomic mass is 10.1. The van der Waals surface area contributed by atoms with Gasteiger partial charge in [-0.1, -0.05) is 20.3 Å². The van der Waals surface area contributed by atoms with E-state index in [0.29, 0.717) is 5.92 Å². The van der Waals surface area contributed by atoms with Crippen molar-refractivity contribution in [3.63, 3.8) is 0 Å². The summed E-state index contributed by atoms with van der Waals surface area (Å²) in [5, 5.41) is 3.20. The fourth-order valence-corrected chi connectivity index (χ4v) is 1.66. The molecule has 2 N–H and O–H groups in total. The molecule has 0 bridgehead atoms. The van der Waals surface area contributed by atoms with Crippen LogP contribution in [0.25, 0.3) is 0 Å². The molecular formula is C11H21N3. The van der Waals surface area contributed by atoms with E-state index in [1.807, 2.05) is 13.2 Å². The van der Waals surface area contributed by atoms with Gasteiger partial charge in [-0.15, -0.1) is 0 Å². The van der Waals surface area contributed by atoms with E-state index in [-0.39, 0.29) is 0 Å². The third-order valence-electron chi connectivity index (χ3n) is 2.50. The van der Waals surface area contributed by atoms with Gasteiger partial charge in [0.05, 0.1) is 0 Å². The number of likely N-dealkylation sites (N-methyl/N-ethyl adjacent to an activating group) is 1. The van der Waals surface area contributed by atoms with Gasteiger partial charge < -0.3 is 10.3 Å². The summed E-state index contributed by atoms with van der Waals surface area (Å²) in [6.45, 7) is 5.38. The lowest BCUT2D eigenvalue weighted by Gasteiger charge is -2.10. The van der Waals surface area contributed by atoms with Gasteiger partial charge in [0.15, 0.2) is 0 Å². The van der Waals surface area contributed by atoms with Gasteiger partial charge in [-0.25, -0.2) is 4.98 Å². The average Bonchev–Trinajstić information content (AvgIpc) is 2.63. The molecule has 0 spiro atoms. The molecule has 0 saturated carbocycles. The van der Waals surface area contributed by atoms with Crippen molar-refractivity contribution in [2.75, 3.05) is 13.6 Å². The zero-order chi connectivity index (χ0) is 10.4. The summed E-state index contributed by atoms with van der Waals surface area (Å²) < 4.78 is 0. The maximum absolute atomic E-state index is 4.43. The molecule has 1 unspecified atom stereocenters. The molecular weight excluding hydrogens is 174 g/mol. The Morgan fingerprint density at radius 3 is 2.86 bits per heavy atom. The first-order chi connectivity index (χ1) is 6.81. The van der Waals surface area contributed by atoms with Crippen molar-refractivity contribution in [3.05, 3.63) is 17.7 Å². The van der Waals surface area contributed by atoms with Crippen molar-refractivity contribution < 1.29 is 0 Å². The topological polar surface area (TPSA) is 40.7 Å². The summed E-state index contributed by atoms with van der Waals surface area (Å²) in [6, 6.07) is 0. The minimum Gasteiger partial charge on any atom is -0.346 e. The molecule has 0 radical (unpaired) electrons. The van der Waals surface area contributed by atoms with Crippen molar-refractivity contribution in [3.8, 4) is 0 Å². The molecule has 1 aromatic heterocycles. The van der Waals surface area contributed by atoms with Gasteiger partial charge in [0.1, 0.15) is 5.82 Å². The predicted octanol–water partition coefficient (Wildman–Crippen LogP) is 2.08. The van der Waals surface area contributed by atoms with Crippen LogP contribution in [0.2, 0.25) is 0 Å². The van der Waals surface area contributed by atoms with Gasteiger partial charge in [-0.2, -0.15) is 0 Å². The number of aromatic nitrogens is 2. The smallest absolute Gasteiger partial charge is 0.110 e. The highest BCUT2D eigenvalue weighted by molar-refractivity contribution is 5.06. The van der Waals surface area contributed by atoms with Gasteiger partial charge in [0, 0.05) is 24.4 Å². The number of hydrogen-bond donors (Lipinski definition) is 2. The molecule has 1 rings (SSSR count). The standard InChI is InChI=1S/C11H21N3/c1-4-6-10-8-13-11(14-10)9(5-2)7-12-3/h8-9,12H,4-7H2,1-3H3,(H,13,14). The minimum absolute atomic E-state index is 0.519. The second kappa shape index (κ2) is 5.81. The van der Waals surface area contributed by atoms with Gasteiger partial charge in [-0.05, 0) is 19.9 Å². The zero-order valence-corrected chi connectivity index (χ0v) is 9.43. The summed E-state index contributed by atoms with van der Waals surface area (Å²) in [5.41, 5.74) is 1.26. The van der Waals surface area contributed by atoms with E-state index in [2.05, 4.69) is 29.1 Å². The van der Waals surface area contributed by atoms with Gasteiger partial charge in [-0.3, -0.25) is 0 Å². The van der Waals surface area contributed by atoms with Crippen LogP contribution in [0.3, 0.4) is 0 Å². The highest BCUT2D eigenvalue weighted by atomic mass is 14.9. The highest BCUT2D eigenvalue weighted by Crippen LogP contribution is 2.15. The first-order valence-electron chi connectivity index (χ1n) is 5.50. The Hall–Kier alpha value is -0.830. The Balaban J connectivity index is 2.63. The minimum atomic E-state index is 0.519. The number of hydrogen-bond acceptors (Lipinski definition) is 2. The summed E-state index contributed by atoms with van der Waals surface area (Å²) in [6.07, 6.45) is 5.37. The first-order valence-corrected chi connectivity index (χ1v) is 5.50. The molecule has 1 heterocycles. The number of rotatable bonds is 6. The highest BCUT2D eigenvalue weighted by Gasteiger charge is 2.11.